The van der Waals surface area contributed by atoms with Gasteiger partial charge in [-0.15, -0.1) is 0 Å². The first-order chi connectivity index (χ1) is 20.0. The predicted molar refractivity (Wildman–Crippen MR) is 154 cm³/mol. The van der Waals surface area contributed by atoms with Gasteiger partial charge in [0.05, 0.1) is 38.1 Å². The van der Waals surface area contributed by atoms with Gasteiger partial charge in [-0.2, -0.15) is 0 Å². The highest BCUT2D eigenvalue weighted by atomic mass is 19.1. The van der Waals surface area contributed by atoms with Gasteiger partial charge < -0.3 is 14.6 Å². The molecule has 1 N–H and O–H groups in total. The zero-order chi connectivity index (χ0) is 30.3. The summed E-state index contributed by atoms with van der Waals surface area (Å²) in [6.45, 7) is 5.38. The van der Waals surface area contributed by atoms with E-state index in [9.17, 15) is 19.1 Å². The number of hydrogen-bond donors (Lipinski definition) is 1. The van der Waals surface area contributed by atoms with Crippen molar-refractivity contribution in [1.29, 1.82) is 0 Å². The molecule has 9 heteroatoms. The van der Waals surface area contributed by atoms with Crippen LogP contribution in [0.1, 0.15) is 61.8 Å². The number of carbonyl (C=O) groups is 2. The van der Waals surface area contributed by atoms with E-state index in [1.807, 2.05) is 30.3 Å². The molecule has 0 saturated carbocycles. The van der Waals surface area contributed by atoms with Crippen LogP contribution in [-0.2, 0) is 27.1 Å². The molecule has 2 aromatic carbocycles. The molecule has 1 aliphatic heterocycles. The summed E-state index contributed by atoms with van der Waals surface area (Å²) in [6, 6.07) is 15.1. The van der Waals surface area contributed by atoms with E-state index in [4.69, 9.17) is 9.47 Å². The fourth-order valence-electron chi connectivity index (χ4n) is 5.19. The van der Waals surface area contributed by atoms with Crippen LogP contribution >= 0.6 is 0 Å². The molecular weight excluding hydrogens is 542 g/mol. The number of aliphatic hydroxyl groups excluding tert-OH is 1. The summed E-state index contributed by atoms with van der Waals surface area (Å²) in [5.74, 6) is -1.24. The third kappa shape index (κ3) is 8.42. The monoisotopic (exact) mass is 580 g/mol. The number of Topliss-reactive ketones (excluding diaryl/α,β-unsaturated/α-hetero) is 1. The number of halogens is 2. The smallest absolute Gasteiger partial charge is 0.410 e. The molecule has 1 fully saturated rings. The lowest BCUT2D eigenvalue weighted by Crippen LogP contribution is -2.55. The van der Waals surface area contributed by atoms with Crippen LogP contribution in [0.4, 0.5) is 13.6 Å². The highest BCUT2D eigenvalue weighted by Crippen LogP contribution is 2.30. The Labute approximate surface area is 245 Å². The Kier molecular flexibility index (Phi) is 10.4. The molecule has 3 atom stereocenters. The minimum absolute atomic E-state index is 0.00718. The van der Waals surface area contributed by atoms with Crippen LogP contribution in [0.5, 0.6) is 0 Å². The second-order valence-electron chi connectivity index (χ2n) is 11.7. The number of ether oxygens (including phenoxy) is 2. The summed E-state index contributed by atoms with van der Waals surface area (Å²) in [5.41, 5.74) is 1.94. The van der Waals surface area contributed by atoms with Crippen LogP contribution in [0.2, 0.25) is 0 Å². The van der Waals surface area contributed by atoms with Crippen LogP contribution in [0, 0.1) is 11.6 Å². The Balaban J connectivity index is 1.45. The van der Waals surface area contributed by atoms with Crippen LogP contribution in [-0.4, -0.2) is 64.4 Å². The fourth-order valence-corrected chi connectivity index (χ4v) is 5.19. The van der Waals surface area contributed by atoms with Crippen molar-refractivity contribution >= 4 is 11.9 Å². The quantitative estimate of drug-likeness (QED) is 0.335. The molecular formula is C33H38F2N2O5. The van der Waals surface area contributed by atoms with Gasteiger partial charge in [0.25, 0.3) is 0 Å². The summed E-state index contributed by atoms with van der Waals surface area (Å²) < 4.78 is 40.0. The Morgan fingerprint density at radius 1 is 1.07 bits per heavy atom. The first-order valence-corrected chi connectivity index (χ1v) is 14.2. The summed E-state index contributed by atoms with van der Waals surface area (Å²) in [5, 5.41) is 9.74. The number of rotatable bonds is 10. The van der Waals surface area contributed by atoms with E-state index in [2.05, 4.69) is 4.98 Å². The normalized spacial score (nSPS) is 18.0. The summed E-state index contributed by atoms with van der Waals surface area (Å²) in [4.78, 5) is 31.6. The number of nitrogens with zero attached hydrogens (tertiary/aromatic N) is 2. The van der Waals surface area contributed by atoms with Gasteiger partial charge >= 0.3 is 6.09 Å². The lowest BCUT2D eigenvalue weighted by Gasteiger charge is -2.39. The molecule has 224 valence electrons. The lowest BCUT2D eigenvalue weighted by molar-refractivity contribution is -0.118. The molecule has 0 unspecified atom stereocenters. The van der Waals surface area contributed by atoms with Crippen molar-refractivity contribution in [2.75, 3.05) is 19.8 Å². The molecule has 42 heavy (non-hydrogen) atoms. The van der Waals surface area contributed by atoms with Crippen molar-refractivity contribution < 1.29 is 33.0 Å². The van der Waals surface area contributed by atoms with Crippen LogP contribution in [0.15, 0.2) is 67.0 Å². The average Bonchev–Trinajstić information content (AvgIpc) is 2.95. The molecule has 3 aromatic rings. The van der Waals surface area contributed by atoms with Crippen molar-refractivity contribution in [3.63, 3.8) is 0 Å². The van der Waals surface area contributed by atoms with Crippen LogP contribution in [0.3, 0.4) is 0 Å². The highest BCUT2D eigenvalue weighted by molar-refractivity contribution is 5.82. The number of ketones is 1. The second-order valence-corrected chi connectivity index (χ2v) is 11.7. The molecule has 1 aliphatic rings. The van der Waals surface area contributed by atoms with Gasteiger partial charge in [0, 0.05) is 25.0 Å². The van der Waals surface area contributed by atoms with E-state index in [1.165, 1.54) is 23.2 Å². The molecule has 0 aliphatic carbocycles. The number of morpholine rings is 1. The summed E-state index contributed by atoms with van der Waals surface area (Å²) in [6.07, 6.45) is 2.52. The molecule has 7 nitrogen and oxygen atoms in total. The first kappa shape index (κ1) is 31.3. The minimum Gasteiger partial charge on any atom is -0.444 e. The number of carbonyl (C=O) groups excluding carboxylic acids is 2. The molecule has 1 aromatic heterocycles. The van der Waals surface area contributed by atoms with Gasteiger partial charge in [-0.05, 0) is 68.0 Å². The largest absolute Gasteiger partial charge is 0.444 e. The predicted octanol–water partition coefficient (Wildman–Crippen LogP) is 5.62. The maximum atomic E-state index is 15.0. The van der Waals surface area contributed by atoms with Crippen molar-refractivity contribution in [3.8, 4) is 0 Å². The van der Waals surface area contributed by atoms with Gasteiger partial charge in [0.1, 0.15) is 23.0 Å². The Bertz CT molecular complexity index is 1340. The second kappa shape index (κ2) is 14.0. The summed E-state index contributed by atoms with van der Waals surface area (Å²) in [7, 11) is 0. The van der Waals surface area contributed by atoms with Crippen molar-refractivity contribution in [2.24, 2.45) is 0 Å². The van der Waals surface area contributed by atoms with E-state index in [0.717, 1.165) is 17.3 Å². The lowest BCUT2D eigenvalue weighted by atomic mass is 9.85. The highest BCUT2D eigenvalue weighted by Gasteiger charge is 2.34. The Morgan fingerprint density at radius 2 is 1.76 bits per heavy atom. The maximum absolute atomic E-state index is 15.0. The fraction of sp³-hybridized carbons (Fsp3) is 0.424. The van der Waals surface area contributed by atoms with Gasteiger partial charge in [0.2, 0.25) is 0 Å². The average molecular weight is 581 g/mol. The Morgan fingerprint density at radius 3 is 2.43 bits per heavy atom. The first-order valence-electron chi connectivity index (χ1n) is 14.2. The molecule has 0 bridgehead atoms. The Hall–Kier alpha value is -3.69. The third-order valence-electron chi connectivity index (χ3n) is 7.31. The maximum Gasteiger partial charge on any atom is 0.410 e. The zero-order valence-electron chi connectivity index (χ0n) is 24.3. The van der Waals surface area contributed by atoms with Gasteiger partial charge in [-0.25, -0.2) is 13.6 Å². The van der Waals surface area contributed by atoms with Crippen LogP contribution < -0.4 is 0 Å². The number of pyridine rings is 1. The summed E-state index contributed by atoms with van der Waals surface area (Å²) >= 11 is 0. The van der Waals surface area contributed by atoms with Gasteiger partial charge in [0.15, 0.2) is 0 Å². The minimum atomic E-state index is -0.692. The third-order valence-corrected chi connectivity index (χ3v) is 7.31. The van der Waals surface area contributed by atoms with Crippen molar-refractivity contribution in [1.82, 2.24) is 9.88 Å². The number of aliphatic hydroxyl groups is 1. The number of amides is 1. The number of benzene rings is 2. The molecule has 2 heterocycles. The molecule has 1 saturated heterocycles. The SMILES string of the molecule is CC(C)(C)OC(=O)N1C[C@@H](CCc2c(F)cncc2CC(=O)C[C@H](c2ccccc2)c2ccc(F)cc2)OC[C@H]1CO. The number of aromatic nitrogens is 1. The van der Waals surface area contributed by atoms with E-state index < -0.39 is 29.7 Å². The van der Waals surface area contributed by atoms with Gasteiger partial charge in [-0.1, -0.05) is 42.5 Å². The number of hydrogen-bond acceptors (Lipinski definition) is 6. The van der Waals surface area contributed by atoms with Crippen molar-refractivity contribution in [2.45, 2.75) is 70.1 Å². The molecule has 0 spiro atoms. The topological polar surface area (TPSA) is 89.0 Å². The van der Waals surface area contributed by atoms with E-state index in [-0.39, 0.29) is 56.5 Å². The standard InChI is InChI=1S/C33H38F2N2O5/c1-33(2,3)42-32(40)37-19-28(41-21-26(37)20-38)13-14-29-24(17-36-18-31(29)35)15-27(39)16-30(22-7-5-4-6-8-22)23-9-11-25(34)12-10-23/h4-12,17-18,26,28,30,38H,13-16,19-21H2,1-3H3/t26-,28-,30-/m1/s1. The van der Waals surface area contributed by atoms with E-state index in [0.29, 0.717) is 17.5 Å². The molecule has 0 radical (unpaired) electrons. The molecule has 1 amide bonds. The van der Waals surface area contributed by atoms with Crippen molar-refractivity contribution in [3.05, 3.63) is 101 Å². The van der Waals surface area contributed by atoms with E-state index in [1.54, 1.807) is 32.9 Å². The van der Waals surface area contributed by atoms with E-state index >= 15 is 4.39 Å². The zero-order valence-corrected chi connectivity index (χ0v) is 24.3. The molecule has 4 rings (SSSR count). The van der Waals surface area contributed by atoms with Crippen LogP contribution in [0.25, 0.3) is 0 Å². The van der Waals surface area contributed by atoms with Gasteiger partial charge in [-0.3, -0.25) is 14.7 Å².